The number of hydrogen-bond donors (Lipinski definition) is 0. The summed E-state index contributed by atoms with van der Waals surface area (Å²) in [5, 5.41) is 0. The molecule has 3 fully saturated rings. The third-order valence-corrected chi connectivity index (χ3v) is 10.3. The molecule has 3 aliphatic heterocycles. The van der Waals surface area contributed by atoms with Gasteiger partial charge >= 0.3 is 5.69 Å². The highest BCUT2D eigenvalue weighted by Gasteiger charge is 2.64. The first-order valence-electron chi connectivity index (χ1n) is 15.6. The highest BCUT2D eigenvalue weighted by molar-refractivity contribution is 14.1. The Morgan fingerprint density at radius 3 is 2.08 bits per heavy atom. The normalized spacial score (nSPS) is 29.5. The van der Waals surface area contributed by atoms with Crippen LogP contribution in [0.25, 0.3) is 0 Å². The van der Waals surface area contributed by atoms with Gasteiger partial charge in [0.25, 0.3) is 5.56 Å². The summed E-state index contributed by atoms with van der Waals surface area (Å²) in [4.78, 5) is 41.6. The van der Waals surface area contributed by atoms with E-state index in [2.05, 4.69) is 22.6 Å². The van der Waals surface area contributed by atoms with E-state index in [-0.39, 0.29) is 27.9 Å². The van der Waals surface area contributed by atoms with Gasteiger partial charge in [-0.2, -0.15) is 0 Å². The van der Waals surface area contributed by atoms with Gasteiger partial charge in [0.15, 0.2) is 35.6 Å². The fraction of sp³-hybridized carbons (Fsp3) is 0.500. The molecule has 258 valence electrons. The van der Waals surface area contributed by atoms with Crippen LogP contribution in [0.3, 0.4) is 0 Å². The number of carbonyl (C=O) groups is 1. The Morgan fingerprint density at radius 2 is 1.46 bits per heavy atom. The fourth-order valence-corrected chi connectivity index (χ4v) is 7.75. The maximum atomic E-state index is 14.6. The first kappa shape index (κ1) is 35.8. The number of ether oxygens (including phenoxy) is 7. The number of hydrogen-bond acceptors (Lipinski definition) is 10. The molecule has 4 heterocycles. The van der Waals surface area contributed by atoms with Crippen LogP contribution in [-0.4, -0.2) is 66.1 Å². The molecule has 48 heavy (non-hydrogen) atoms. The van der Waals surface area contributed by atoms with Gasteiger partial charge in [-0.15, -0.1) is 0 Å². The molecule has 0 aliphatic carbocycles. The molecule has 3 saturated heterocycles. The summed E-state index contributed by atoms with van der Waals surface area (Å²) in [7, 11) is 0. The van der Waals surface area contributed by atoms with Crippen LogP contribution in [-0.2, 0) is 56.9 Å². The Morgan fingerprint density at radius 1 is 0.833 bits per heavy atom. The van der Waals surface area contributed by atoms with E-state index in [1.165, 1.54) is 16.8 Å². The number of Topliss-reactive ketones (excluding diaryl/α,β-unsaturated/α-hetero) is 1. The Balaban J connectivity index is 1.40. The number of rotatable bonds is 12. The first-order chi connectivity index (χ1) is 22.9. The van der Waals surface area contributed by atoms with Gasteiger partial charge in [0.2, 0.25) is 0 Å². The average molecular weight is 888 g/mol. The van der Waals surface area contributed by atoms with E-state index < -0.39 is 65.5 Å². The van der Waals surface area contributed by atoms with Crippen LogP contribution in [0.5, 0.6) is 0 Å². The minimum atomic E-state index is -1.45. The Labute approximate surface area is 305 Å². The van der Waals surface area contributed by atoms with Crippen molar-refractivity contribution in [3.05, 3.63) is 105 Å². The molecule has 1 aromatic heterocycles. The van der Waals surface area contributed by atoms with Gasteiger partial charge in [0, 0.05) is 12.3 Å². The number of benzene rings is 2. The quantitative estimate of drug-likeness (QED) is 0.191. The van der Waals surface area contributed by atoms with Gasteiger partial charge in [-0.25, -0.2) is 9.36 Å². The lowest BCUT2D eigenvalue weighted by atomic mass is 10.1. The zero-order valence-electron chi connectivity index (χ0n) is 27.0. The predicted octanol–water partition coefficient (Wildman–Crippen LogP) is 4.43. The molecule has 7 atom stereocenters. The molecule has 12 nitrogen and oxygen atoms in total. The molecular weight excluding hydrogens is 850 g/mol. The molecule has 0 amide bonds. The van der Waals surface area contributed by atoms with Crippen LogP contribution in [0.2, 0.25) is 0 Å². The molecule has 3 aromatic rings. The van der Waals surface area contributed by atoms with Crippen molar-refractivity contribution < 1.29 is 38.0 Å². The lowest BCUT2D eigenvalue weighted by Crippen LogP contribution is -2.57. The van der Waals surface area contributed by atoms with Crippen molar-refractivity contribution in [1.82, 2.24) is 9.13 Å². The molecule has 3 aliphatic rings. The van der Waals surface area contributed by atoms with Gasteiger partial charge < -0.3 is 33.2 Å². The zero-order valence-corrected chi connectivity index (χ0v) is 31.3. The van der Waals surface area contributed by atoms with Crippen LogP contribution in [0.4, 0.5) is 0 Å². The highest BCUT2D eigenvalue weighted by Crippen LogP contribution is 2.47. The van der Waals surface area contributed by atoms with E-state index in [4.69, 9.17) is 33.2 Å². The fourth-order valence-electron chi connectivity index (χ4n) is 6.33. The van der Waals surface area contributed by atoms with Gasteiger partial charge in [-0.3, -0.25) is 14.2 Å². The van der Waals surface area contributed by atoms with Crippen LogP contribution < -0.4 is 11.2 Å². The molecule has 0 N–H and O–H groups in total. The number of fused-ring (bicyclic) bond motifs is 1. The standard InChI is InChI=1S/C34H38I2N2O10/c1-32(2)44-26(25(23(39)17-35)42-18-21-11-7-5-8-12-21)29(46-32)38-24(40)15-16-37(31(38)41)34(20-36)28(43-19-22-13-9-6-10-14-22)27-30(48-34)47-33(3,4)45-27/h5-16,25-30H,17-20H2,1-4H3/t25-,26-,27-,28+,29+,30+,34+/m1/s1. The summed E-state index contributed by atoms with van der Waals surface area (Å²) >= 11 is 4.10. The Kier molecular flexibility index (Phi) is 10.7. The van der Waals surface area contributed by atoms with E-state index in [9.17, 15) is 14.4 Å². The van der Waals surface area contributed by atoms with E-state index in [0.717, 1.165) is 15.7 Å². The largest absolute Gasteiger partial charge is 0.366 e. The van der Waals surface area contributed by atoms with E-state index in [0.29, 0.717) is 0 Å². The van der Waals surface area contributed by atoms with Crippen LogP contribution in [0.15, 0.2) is 82.5 Å². The molecule has 0 saturated carbocycles. The van der Waals surface area contributed by atoms with Crippen molar-refractivity contribution >= 4 is 51.0 Å². The molecule has 6 rings (SSSR count). The monoisotopic (exact) mass is 888 g/mol. The van der Waals surface area contributed by atoms with E-state index in [1.54, 1.807) is 27.7 Å². The van der Waals surface area contributed by atoms with Gasteiger partial charge in [0.05, 0.1) is 22.1 Å². The van der Waals surface area contributed by atoms with E-state index in [1.807, 2.05) is 83.3 Å². The number of ketones is 1. The SMILES string of the molecule is CC1(C)O[C@H]2O[C@](CI)(n3ccc(=O)n([C@H]4OC(C)(C)O[C@@H]4[C@H](OCc4ccccc4)C(=O)CI)c3=O)[C@@H](OCc3ccccc3)[C@H]2O1. The van der Waals surface area contributed by atoms with Crippen molar-refractivity contribution in [3.8, 4) is 0 Å². The van der Waals surface area contributed by atoms with E-state index >= 15 is 0 Å². The molecule has 2 aromatic carbocycles. The Bertz CT molecular complexity index is 1720. The van der Waals surface area contributed by atoms with Gasteiger partial charge in [-0.05, 0) is 38.8 Å². The minimum absolute atomic E-state index is 0.111. The minimum Gasteiger partial charge on any atom is -0.366 e. The first-order valence-corrected chi connectivity index (χ1v) is 18.6. The highest BCUT2D eigenvalue weighted by atomic mass is 127. The third-order valence-electron chi connectivity index (χ3n) is 8.42. The molecule has 0 unspecified atom stereocenters. The second kappa shape index (κ2) is 14.3. The maximum Gasteiger partial charge on any atom is 0.335 e. The van der Waals surface area contributed by atoms with Crippen LogP contribution in [0, 0.1) is 0 Å². The van der Waals surface area contributed by atoms with Gasteiger partial charge in [0.1, 0.15) is 24.4 Å². The number of nitrogens with zero attached hydrogens (tertiary/aromatic N) is 2. The summed E-state index contributed by atoms with van der Waals surface area (Å²) in [5.41, 5.74) is -1.07. The number of carbonyl (C=O) groups excluding carboxylic acids is 1. The summed E-state index contributed by atoms with van der Waals surface area (Å²) in [6, 6.07) is 20.3. The molecule has 0 radical (unpaired) electrons. The van der Waals surface area contributed by atoms with Crippen LogP contribution in [0.1, 0.15) is 45.0 Å². The number of alkyl halides is 2. The van der Waals surface area contributed by atoms with Crippen molar-refractivity contribution in [1.29, 1.82) is 0 Å². The number of halogens is 2. The van der Waals surface area contributed by atoms with Crippen molar-refractivity contribution in [2.45, 2.75) is 95.1 Å². The van der Waals surface area contributed by atoms with Crippen molar-refractivity contribution in [3.63, 3.8) is 0 Å². The molecule has 0 spiro atoms. The summed E-state index contributed by atoms with van der Waals surface area (Å²) < 4.78 is 46.7. The molecular formula is C34H38I2N2O10. The van der Waals surface area contributed by atoms with Gasteiger partial charge in [-0.1, -0.05) is 106 Å². The van der Waals surface area contributed by atoms with Crippen LogP contribution >= 0.6 is 45.2 Å². The summed E-state index contributed by atoms with van der Waals surface area (Å²) in [6.45, 7) is 7.21. The number of aromatic nitrogens is 2. The molecule has 14 heteroatoms. The lowest BCUT2D eigenvalue weighted by Gasteiger charge is -2.37. The predicted molar refractivity (Wildman–Crippen MR) is 190 cm³/mol. The Hall–Kier alpha value is -2.03. The average Bonchev–Trinajstić information content (AvgIpc) is 3.64. The maximum absolute atomic E-state index is 14.6. The lowest BCUT2D eigenvalue weighted by molar-refractivity contribution is -0.261. The second-order valence-electron chi connectivity index (χ2n) is 12.8. The van der Waals surface area contributed by atoms with Crippen molar-refractivity contribution in [2.24, 2.45) is 0 Å². The smallest absolute Gasteiger partial charge is 0.335 e. The topological polar surface area (TPSA) is 126 Å². The molecule has 0 bridgehead atoms. The second-order valence-corrected chi connectivity index (χ2v) is 14.3. The zero-order chi connectivity index (χ0) is 34.3. The summed E-state index contributed by atoms with van der Waals surface area (Å²) in [5.74, 6) is -2.47. The van der Waals surface area contributed by atoms with Crippen molar-refractivity contribution in [2.75, 3.05) is 8.86 Å². The third kappa shape index (κ3) is 7.10. The summed E-state index contributed by atoms with van der Waals surface area (Å²) in [6.07, 6.45) is -4.52.